The van der Waals surface area contributed by atoms with Gasteiger partial charge in [0.1, 0.15) is 6.04 Å². The molecule has 0 amide bonds. The van der Waals surface area contributed by atoms with Crippen LogP contribution in [0.15, 0.2) is 0 Å². The van der Waals surface area contributed by atoms with E-state index >= 15 is 0 Å². The second-order valence-corrected chi connectivity index (χ2v) is 4.00. The van der Waals surface area contributed by atoms with Gasteiger partial charge in [-0.1, -0.05) is 6.92 Å². The van der Waals surface area contributed by atoms with Crippen molar-refractivity contribution >= 4 is 5.97 Å². The Morgan fingerprint density at radius 1 is 1.64 bits per heavy atom. The molecule has 0 aliphatic carbocycles. The van der Waals surface area contributed by atoms with E-state index in [0.717, 1.165) is 25.9 Å². The van der Waals surface area contributed by atoms with E-state index in [-0.39, 0.29) is 6.04 Å². The highest BCUT2D eigenvalue weighted by Crippen LogP contribution is 2.21. The SMILES string of the molecule is COCCC(C)C1CCC(C(=O)O)N1. The van der Waals surface area contributed by atoms with Crippen molar-refractivity contribution in [2.75, 3.05) is 13.7 Å². The molecule has 1 saturated heterocycles. The van der Waals surface area contributed by atoms with Crippen LogP contribution < -0.4 is 5.32 Å². The molecule has 1 rings (SSSR count). The first-order valence-electron chi connectivity index (χ1n) is 5.13. The van der Waals surface area contributed by atoms with E-state index in [1.165, 1.54) is 0 Å². The van der Waals surface area contributed by atoms with Crippen LogP contribution in [0, 0.1) is 5.92 Å². The smallest absolute Gasteiger partial charge is 0.320 e. The molecule has 2 N–H and O–H groups in total. The van der Waals surface area contributed by atoms with Gasteiger partial charge in [0.05, 0.1) is 0 Å². The van der Waals surface area contributed by atoms with Crippen LogP contribution >= 0.6 is 0 Å². The van der Waals surface area contributed by atoms with E-state index in [1.54, 1.807) is 7.11 Å². The highest BCUT2D eigenvalue weighted by Gasteiger charge is 2.31. The molecule has 4 heteroatoms. The van der Waals surface area contributed by atoms with E-state index in [9.17, 15) is 4.79 Å². The lowest BCUT2D eigenvalue weighted by Crippen LogP contribution is -2.38. The third-order valence-corrected chi connectivity index (χ3v) is 2.94. The molecule has 0 spiro atoms. The lowest BCUT2D eigenvalue weighted by Gasteiger charge is -2.19. The Morgan fingerprint density at radius 2 is 2.36 bits per heavy atom. The van der Waals surface area contributed by atoms with Crippen molar-refractivity contribution in [1.82, 2.24) is 5.32 Å². The summed E-state index contributed by atoms with van der Waals surface area (Å²) < 4.78 is 5.00. The van der Waals surface area contributed by atoms with Gasteiger partial charge in [0.15, 0.2) is 0 Å². The van der Waals surface area contributed by atoms with Crippen molar-refractivity contribution in [2.45, 2.75) is 38.3 Å². The third kappa shape index (κ3) is 2.96. The number of carboxylic acid groups (broad SMARTS) is 1. The molecule has 3 atom stereocenters. The monoisotopic (exact) mass is 201 g/mol. The van der Waals surface area contributed by atoms with Crippen molar-refractivity contribution < 1.29 is 14.6 Å². The van der Waals surface area contributed by atoms with Crippen molar-refractivity contribution in [2.24, 2.45) is 5.92 Å². The highest BCUT2D eigenvalue weighted by molar-refractivity contribution is 5.73. The molecule has 14 heavy (non-hydrogen) atoms. The van der Waals surface area contributed by atoms with Gasteiger partial charge in [0.25, 0.3) is 0 Å². The van der Waals surface area contributed by atoms with Crippen molar-refractivity contribution in [3.05, 3.63) is 0 Å². The van der Waals surface area contributed by atoms with Gasteiger partial charge < -0.3 is 15.2 Å². The normalized spacial score (nSPS) is 29.0. The van der Waals surface area contributed by atoms with Crippen LogP contribution in [0.25, 0.3) is 0 Å². The Bertz CT molecular complexity index is 196. The summed E-state index contributed by atoms with van der Waals surface area (Å²) in [5, 5.41) is 11.9. The molecule has 3 unspecified atom stereocenters. The lowest BCUT2D eigenvalue weighted by atomic mass is 9.97. The summed E-state index contributed by atoms with van der Waals surface area (Å²) in [6.07, 6.45) is 2.69. The molecule has 0 saturated carbocycles. The van der Waals surface area contributed by atoms with Gasteiger partial charge in [0, 0.05) is 19.8 Å². The number of ether oxygens (including phenoxy) is 1. The Morgan fingerprint density at radius 3 is 2.86 bits per heavy atom. The first-order chi connectivity index (χ1) is 6.65. The summed E-state index contributed by atoms with van der Waals surface area (Å²) in [4.78, 5) is 10.7. The third-order valence-electron chi connectivity index (χ3n) is 2.94. The number of methoxy groups -OCH3 is 1. The maximum absolute atomic E-state index is 10.7. The number of carboxylic acids is 1. The minimum Gasteiger partial charge on any atom is -0.480 e. The Hall–Kier alpha value is -0.610. The van der Waals surface area contributed by atoms with Crippen molar-refractivity contribution in [3.63, 3.8) is 0 Å². The second-order valence-electron chi connectivity index (χ2n) is 4.00. The van der Waals surface area contributed by atoms with Gasteiger partial charge in [-0.15, -0.1) is 0 Å². The lowest BCUT2D eigenvalue weighted by molar-refractivity contribution is -0.139. The fraction of sp³-hybridized carbons (Fsp3) is 0.900. The minimum absolute atomic E-state index is 0.339. The summed E-state index contributed by atoms with van der Waals surface area (Å²) >= 11 is 0. The van der Waals surface area contributed by atoms with E-state index in [2.05, 4.69) is 12.2 Å². The molecule has 0 radical (unpaired) electrons. The Balaban J connectivity index is 2.30. The molecule has 1 fully saturated rings. The van der Waals surface area contributed by atoms with Crippen molar-refractivity contribution in [1.29, 1.82) is 0 Å². The van der Waals surface area contributed by atoms with Crippen LogP contribution in [-0.2, 0) is 9.53 Å². The summed E-state index contributed by atoms with van der Waals surface area (Å²) in [6, 6.07) is -0.00348. The van der Waals surface area contributed by atoms with Crippen LogP contribution in [0.4, 0.5) is 0 Å². The van der Waals surface area contributed by atoms with Crippen LogP contribution in [-0.4, -0.2) is 36.9 Å². The van der Waals surface area contributed by atoms with Gasteiger partial charge in [-0.05, 0) is 25.2 Å². The number of carbonyl (C=O) groups is 1. The molecule has 1 aliphatic heterocycles. The summed E-state index contributed by atoms with van der Waals surface area (Å²) in [5.41, 5.74) is 0. The molecule has 0 aromatic carbocycles. The van der Waals surface area contributed by atoms with Gasteiger partial charge >= 0.3 is 5.97 Å². The first kappa shape index (κ1) is 11.5. The van der Waals surface area contributed by atoms with Crippen LogP contribution in [0.2, 0.25) is 0 Å². The predicted octanol–water partition coefficient (Wildman–Crippen LogP) is 0.864. The average Bonchev–Trinajstić information content (AvgIpc) is 2.62. The standard InChI is InChI=1S/C10H19NO3/c1-7(5-6-14-2)8-3-4-9(11-8)10(12)13/h7-9,11H,3-6H2,1-2H3,(H,12,13). The topological polar surface area (TPSA) is 58.6 Å². The van der Waals surface area contributed by atoms with Gasteiger partial charge in [-0.2, -0.15) is 0 Å². The molecule has 0 aromatic heterocycles. The molecule has 0 aromatic rings. The minimum atomic E-state index is -0.730. The number of hydrogen-bond acceptors (Lipinski definition) is 3. The van der Waals surface area contributed by atoms with Gasteiger partial charge in [0.2, 0.25) is 0 Å². The maximum atomic E-state index is 10.7. The fourth-order valence-electron chi connectivity index (χ4n) is 1.92. The Kier molecular flexibility index (Phi) is 4.35. The quantitative estimate of drug-likeness (QED) is 0.692. The predicted molar refractivity (Wildman–Crippen MR) is 53.2 cm³/mol. The zero-order valence-electron chi connectivity index (χ0n) is 8.82. The molecular weight excluding hydrogens is 182 g/mol. The number of hydrogen-bond donors (Lipinski definition) is 2. The maximum Gasteiger partial charge on any atom is 0.320 e. The number of rotatable bonds is 5. The fourth-order valence-corrected chi connectivity index (χ4v) is 1.92. The summed E-state index contributed by atoms with van der Waals surface area (Å²) in [7, 11) is 1.69. The second kappa shape index (κ2) is 5.32. The zero-order valence-corrected chi connectivity index (χ0v) is 8.82. The van der Waals surface area contributed by atoms with Crippen LogP contribution in [0.1, 0.15) is 26.2 Å². The van der Waals surface area contributed by atoms with Gasteiger partial charge in [-0.25, -0.2) is 0 Å². The molecule has 0 bridgehead atoms. The summed E-state index contributed by atoms with van der Waals surface area (Å²) in [6.45, 7) is 2.89. The number of aliphatic carboxylic acids is 1. The largest absolute Gasteiger partial charge is 0.480 e. The Labute approximate surface area is 84.6 Å². The molecular formula is C10H19NO3. The molecule has 1 aliphatic rings. The zero-order chi connectivity index (χ0) is 10.6. The van der Waals surface area contributed by atoms with Crippen LogP contribution in [0.5, 0.6) is 0 Å². The van der Waals surface area contributed by atoms with Crippen molar-refractivity contribution in [3.8, 4) is 0 Å². The molecule has 4 nitrogen and oxygen atoms in total. The summed E-state index contributed by atoms with van der Waals surface area (Å²) in [5.74, 6) is -0.245. The van der Waals surface area contributed by atoms with E-state index in [0.29, 0.717) is 12.0 Å². The van der Waals surface area contributed by atoms with E-state index in [4.69, 9.17) is 9.84 Å². The number of nitrogens with one attached hydrogen (secondary N) is 1. The average molecular weight is 201 g/mol. The molecule has 82 valence electrons. The first-order valence-corrected chi connectivity index (χ1v) is 5.13. The molecule has 1 heterocycles. The van der Waals surface area contributed by atoms with Gasteiger partial charge in [-0.3, -0.25) is 4.79 Å². The van der Waals surface area contributed by atoms with Crippen LogP contribution in [0.3, 0.4) is 0 Å². The van der Waals surface area contributed by atoms with E-state index < -0.39 is 5.97 Å². The highest BCUT2D eigenvalue weighted by atomic mass is 16.5. The van der Waals surface area contributed by atoms with E-state index in [1.807, 2.05) is 0 Å².